The van der Waals surface area contributed by atoms with Crippen LogP contribution in [0.25, 0.3) is 10.8 Å². The third kappa shape index (κ3) is 2.96. The molecule has 0 bridgehead atoms. The maximum Gasteiger partial charge on any atom is 0.243 e. The van der Waals surface area contributed by atoms with Gasteiger partial charge in [-0.1, -0.05) is 25.1 Å². The number of carbonyl (C=O) groups is 1. The van der Waals surface area contributed by atoms with Gasteiger partial charge in [0.05, 0.1) is 0 Å². The summed E-state index contributed by atoms with van der Waals surface area (Å²) in [6.45, 7) is 5.77. The molecule has 2 saturated heterocycles. The molecule has 2 fully saturated rings. The van der Waals surface area contributed by atoms with Gasteiger partial charge in [-0.05, 0) is 73.2 Å². The van der Waals surface area contributed by atoms with E-state index in [-0.39, 0.29) is 5.54 Å². The molecule has 1 spiro atoms. The lowest BCUT2D eigenvalue weighted by molar-refractivity contribution is -0.147. The summed E-state index contributed by atoms with van der Waals surface area (Å²) >= 11 is 0. The number of aromatic hydroxyl groups is 1. The predicted molar refractivity (Wildman–Crippen MR) is 104 cm³/mol. The Balaban J connectivity index is 1.59. The lowest BCUT2D eigenvalue weighted by atomic mass is 9.85. The SMILES string of the molecule is CCCN1CCCC2(CCCN2Cc2ccc3cc(O)ccc3c2)C1=O. The normalized spacial score (nSPS) is 24.0. The summed E-state index contributed by atoms with van der Waals surface area (Å²) < 4.78 is 0. The van der Waals surface area contributed by atoms with Crippen LogP contribution in [-0.4, -0.2) is 46.0 Å². The minimum atomic E-state index is -0.280. The first kappa shape index (κ1) is 17.3. The lowest BCUT2D eigenvalue weighted by Crippen LogP contribution is -2.59. The Hall–Kier alpha value is -2.07. The van der Waals surface area contributed by atoms with Crippen LogP contribution in [0.5, 0.6) is 5.75 Å². The minimum Gasteiger partial charge on any atom is -0.508 e. The topological polar surface area (TPSA) is 43.8 Å². The van der Waals surface area contributed by atoms with Crippen LogP contribution in [0.2, 0.25) is 0 Å². The molecule has 4 nitrogen and oxygen atoms in total. The Bertz CT molecular complexity index is 817. The van der Waals surface area contributed by atoms with Crippen molar-refractivity contribution in [3.8, 4) is 5.75 Å². The van der Waals surface area contributed by atoms with E-state index in [1.807, 2.05) is 6.07 Å². The molecule has 1 N–H and O–H groups in total. The zero-order valence-electron chi connectivity index (χ0n) is 15.6. The first-order valence-corrected chi connectivity index (χ1v) is 9.88. The van der Waals surface area contributed by atoms with Gasteiger partial charge in [-0.2, -0.15) is 0 Å². The van der Waals surface area contributed by atoms with Gasteiger partial charge in [-0.15, -0.1) is 0 Å². The van der Waals surface area contributed by atoms with E-state index < -0.39 is 0 Å². The van der Waals surface area contributed by atoms with Crippen molar-refractivity contribution < 1.29 is 9.90 Å². The maximum absolute atomic E-state index is 13.2. The van der Waals surface area contributed by atoms with Gasteiger partial charge in [0.25, 0.3) is 0 Å². The van der Waals surface area contributed by atoms with E-state index in [2.05, 4.69) is 34.9 Å². The Kier molecular flexibility index (Phi) is 4.62. The molecule has 26 heavy (non-hydrogen) atoms. The quantitative estimate of drug-likeness (QED) is 0.907. The van der Waals surface area contributed by atoms with Gasteiger partial charge < -0.3 is 10.0 Å². The highest BCUT2D eigenvalue weighted by molar-refractivity contribution is 5.88. The van der Waals surface area contributed by atoms with Crippen LogP contribution in [0.15, 0.2) is 36.4 Å². The number of fused-ring (bicyclic) bond motifs is 1. The Labute approximate surface area is 155 Å². The second-order valence-electron chi connectivity index (χ2n) is 7.82. The van der Waals surface area contributed by atoms with Crippen LogP contribution >= 0.6 is 0 Å². The molecule has 2 heterocycles. The van der Waals surface area contributed by atoms with Crippen LogP contribution in [0.3, 0.4) is 0 Å². The van der Waals surface area contributed by atoms with E-state index in [1.165, 1.54) is 5.56 Å². The van der Waals surface area contributed by atoms with Crippen molar-refractivity contribution in [2.24, 2.45) is 0 Å². The summed E-state index contributed by atoms with van der Waals surface area (Å²) in [6, 6.07) is 11.9. The Morgan fingerprint density at radius 2 is 1.77 bits per heavy atom. The fraction of sp³-hybridized carbons (Fsp3) is 0.500. The maximum atomic E-state index is 13.2. The van der Waals surface area contributed by atoms with E-state index in [0.717, 1.165) is 69.1 Å². The van der Waals surface area contributed by atoms with Crippen LogP contribution in [0.4, 0.5) is 0 Å². The number of carbonyl (C=O) groups excluding carboxylic acids is 1. The number of phenols is 1. The fourth-order valence-electron chi connectivity index (χ4n) is 4.84. The standard InChI is InChI=1S/C22H28N2O2/c1-2-11-23-12-3-9-22(21(23)26)10-4-13-24(22)16-17-5-6-19-15-20(25)8-7-18(19)14-17/h5-8,14-15,25H,2-4,9-13,16H2,1H3. The van der Waals surface area contributed by atoms with E-state index in [1.54, 1.807) is 12.1 Å². The predicted octanol–water partition coefficient (Wildman–Crippen LogP) is 3.91. The van der Waals surface area contributed by atoms with Crippen molar-refractivity contribution in [1.29, 1.82) is 0 Å². The van der Waals surface area contributed by atoms with Crippen molar-refractivity contribution >= 4 is 16.7 Å². The summed E-state index contributed by atoms with van der Waals surface area (Å²) in [5, 5.41) is 11.8. The highest BCUT2D eigenvalue weighted by Crippen LogP contribution is 2.39. The molecule has 1 atom stereocenters. The fourth-order valence-corrected chi connectivity index (χ4v) is 4.84. The third-order valence-corrected chi connectivity index (χ3v) is 6.08. The van der Waals surface area contributed by atoms with Gasteiger partial charge in [-0.3, -0.25) is 9.69 Å². The molecule has 1 amide bonds. The molecule has 138 valence electrons. The number of hydrogen-bond donors (Lipinski definition) is 1. The third-order valence-electron chi connectivity index (χ3n) is 6.08. The second-order valence-corrected chi connectivity index (χ2v) is 7.82. The highest BCUT2D eigenvalue weighted by atomic mass is 16.3. The highest BCUT2D eigenvalue weighted by Gasteiger charge is 2.50. The first-order chi connectivity index (χ1) is 12.6. The van der Waals surface area contributed by atoms with E-state index in [0.29, 0.717) is 11.7 Å². The van der Waals surface area contributed by atoms with Gasteiger partial charge in [-0.25, -0.2) is 0 Å². The van der Waals surface area contributed by atoms with Gasteiger partial charge in [0, 0.05) is 19.6 Å². The van der Waals surface area contributed by atoms with Crippen LogP contribution in [0.1, 0.15) is 44.6 Å². The average Bonchev–Trinajstić information content (AvgIpc) is 3.02. The summed E-state index contributed by atoms with van der Waals surface area (Å²) in [4.78, 5) is 17.8. The second kappa shape index (κ2) is 6.92. The Morgan fingerprint density at radius 1 is 1.04 bits per heavy atom. The zero-order valence-corrected chi connectivity index (χ0v) is 15.6. The van der Waals surface area contributed by atoms with Crippen LogP contribution in [0, 0.1) is 0 Å². The molecule has 1 unspecified atom stereocenters. The summed E-state index contributed by atoms with van der Waals surface area (Å²) in [5.41, 5.74) is 0.960. The van der Waals surface area contributed by atoms with Gasteiger partial charge >= 0.3 is 0 Å². The number of likely N-dealkylation sites (tertiary alicyclic amines) is 2. The van der Waals surface area contributed by atoms with Crippen molar-refractivity contribution in [2.45, 2.75) is 51.1 Å². The number of piperidine rings is 1. The molecule has 0 saturated carbocycles. The zero-order chi connectivity index (χ0) is 18.1. The van der Waals surface area contributed by atoms with Crippen molar-refractivity contribution in [3.63, 3.8) is 0 Å². The summed E-state index contributed by atoms with van der Waals surface area (Å²) in [6.07, 6.45) is 5.23. The largest absolute Gasteiger partial charge is 0.508 e. The molecule has 0 radical (unpaired) electrons. The number of benzene rings is 2. The van der Waals surface area contributed by atoms with Crippen LogP contribution < -0.4 is 0 Å². The summed E-state index contributed by atoms with van der Waals surface area (Å²) in [5.74, 6) is 0.654. The lowest BCUT2D eigenvalue weighted by Gasteiger charge is -2.44. The van der Waals surface area contributed by atoms with Crippen molar-refractivity contribution in [3.05, 3.63) is 42.0 Å². The molecule has 4 rings (SSSR count). The molecule has 4 heteroatoms. The number of amides is 1. The molecule has 2 aromatic rings. The molecule has 0 aliphatic carbocycles. The summed E-state index contributed by atoms with van der Waals surface area (Å²) in [7, 11) is 0. The number of nitrogens with zero attached hydrogens (tertiary/aromatic N) is 2. The molecular weight excluding hydrogens is 324 g/mol. The van der Waals surface area contributed by atoms with Gasteiger partial charge in [0.15, 0.2) is 0 Å². The van der Waals surface area contributed by atoms with Crippen molar-refractivity contribution in [1.82, 2.24) is 9.80 Å². The monoisotopic (exact) mass is 352 g/mol. The number of rotatable bonds is 4. The number of phenolic OH excluding ortho intramolecular Hbond substituents is 1. The molecular formula is C22H28N2O2. The minimum absolute atomic E-state index is 0.280. The smallest absolute Gasteiger partial charge is 0.243 e. The van der Waals surface area contributed by atoms with Crippen LogP contribution in [-0.2, 0) is 11.3 Å². The molecule has 2 aliphatic rings. The van der Waals surface area contributed by atoms with E-state index >= 15 is 0 Å². The van der Waals surface area contributed by atoms with Crippen molar-refractivity contribution in [2.75, 3.05) is 19.6 Å². The van der Waals surface area contributed by atoms with E-state index in [9.17, 15) is 9.90 Å². The van der Waals surface area contributed by atoms with Gasteiger partial charge in [0.2, 0.25) is 5.91 Å². The number of hydrogen-bond acceptors (Lipinski definition) is 3. The molecule has 2 aromatic carbocycles. The van der Waals surface area contributed by atoms with Gasteiger partial charge in [0.1, 0.15) is 11.3 Å². The molecule has 2 aliphatic heterocycles. The van der Waals surface area contributed by atoms with E-state index in [4.69, 9.17) is 0 Å². The average molecular weight is 352 g/mol. The first-order valence-electron chi connectivity index (χ1n) is 9.88. The molecule has 0 aromatic heterocycles. The Morgan fingerprint density at radius 3 is 2.58 bits per heavy atom.